The highest BCUT2D eigenvalue weighted by Crippen LogP contribution is 2.34. The molecule has 1 heterocycles. The lowest BCUT2D eigenvalue weighted by molar-refractivity contribution is -0.139. The monoisotopic (exact) mass is 338 g/mol. The summed E-state index contributed by atoms with van der Waals surface area (Å²) >= 11 is 5.85. The molecule has 2 atom stereocenters. The van der Waals surface area contributed by atoms with Crippen LogP contribution in [-0.2, 0) is 0 Å². The van der Waals surface area contributed by atoms with Gasteiger partial charge in [0.25, 0.3) is 0 Å². The molecule has 23 heavy (non-hydrogen) atoms. The molecule has 0 bridgehead atoms. The van der Waals surface area contributed by atoms with Crippen molar-refractivity contribution in [1.29, 1.82) is 0 Å². The third kappa shape index (κ3) is 3.85. The summed E-state index contributed by atoms with van der Waals surface area (Å²) < 4.78 is 38.6. The number of hydrogen-bond acceptors (Lipinski definition) is 2. The van der Waals surface area contributed by atoms with Crippen LogP contribution in [0.4, 0.5) is 13.2 Å². The average molecular weight is 339 g/mol. The van der Waals surface area contributed by atoms with Gasteiger partial charge in [0.15, 0.2) is 0 Å². The fourth-order valence-electron chi connectivity index (χ4n) is 2.66. The fourth-order valence-corrected chi connectivity index (χ4v) is 2.78. The van der Waals surface area contributed by atoms with Gasteiger partial charge in [-0.25, -0.2) is 0 Å². The van der Waals surface area contributed by atoms with E-state index < -0.39 is 24.7 Å². The Morgan fingerprint density at radius 3 is 2.26 bits per heavy atom. The van der Waals surface area contributed by atoms with Crippen LogP contribution in [0.15, 0.2) is 59.6 Å². The van der Waals surface area contributed by atoms with Crippen LogP contribution in [0, 0.1) is 0 Å². The number of halogens is 4. The third-order valence-corrected chi connectivity index (χ3v) is 3.93. The number of alkyl halides is 3. The van der Waals surface area contributed by atoms with Gasteiger partial charge >= 0.3 is 6.18 Å². The van der Waals surface area contributed by atoms with Crippen LogP contribution in [0.1, 0.15) is 23.6 Å². The minimum absolute atomic E-state index is 0.463. The van der Waals surface area contributed by atoms with E-state index in [4.69, 9.17) is 11.6 Å². The predicted molar refractivity (Wildman–Crippen MR) is 84.8 cm³/mol. The zero-order valence-corrected chi connectivity index (χ0v) is 12.8. The molecular formula is C17H14ClF3N2. The summed E-state index contributed by atoms with van der Waals surface area (Å²) in [6, 6.07) is 14.5. The summed E-state index contributed by atoms with van der Waals surface area (Å²) in [6.07, 6.45) is -5.19. The second-order valence-electron chi connectivity index (χ2n) is 5.41. The van der Waals surface area contributed by atoms with Crippen molar-refractivity contribution in [2.24, 2.45) is 4.99 Å². The number of hydrogen-bond donors (Lipinski definition) is 1. The maximum Gasteiger partial charge on any atom is 0.391 e. The summed E-state index contributed by atoms with van der Waals surface area (Å²) in [7, 11) is 0. The molecule has 0 aromatic heterocycles. The summed E-state index contributed by atoms with van der Waals surface area (Å²) in [6.45, 7) is 0. The number of amidine groups is 1. The van der Waals surface area contributed by atoms with Crippen LogP contribution < -0.4 is 5.32 Å². The van der Waals surface area contributed by atoms with Crippen molar-refractivity contribution in [2.75, 3.05) is 0 Å². The summed E-state index contributed by atoms with van der Waals surface area (Å²) in [5, 5.41) is 3.49. The molecule has 1 aliphatic heterocycles. The van der Waals surface area contributed by atoms with Crippen molar-refractivity contribution in [2.45, 2.75) is 24.7 Å². The fraction of sp³-hybridized carbons (Fsp3) is 0.235. The SMILES string of the molecule is FC(F)(F)CC1NC(c2ccc(Cl)cc2)=NC1c1ccccc1. The van der Waals surface area contributed by atoms with Crippen molar-refractivity contribution in [3.8, 4) is 0 Å². The van der Waals surface area contributed by atoms with Crippen molar-refractivity contribution in [3.05, 3.63) is 70.7 Å². The second kappa shape index (κ2) is 6.24. The molecule has 1 aliphatic rings. The molecule has 2 aromatic rings. The average Bonchev–Trinajstić information content (AvgIpc) is 2.90. The smallest absolute Gasteiger partial charge is 0.364 e. The molecule has 0 amide bonds. The van der Waals surface area contributed by atoms with Gasteiger partial charge in [-0.1, -0.05) is 41.9 Å². The van der Waals surface area contributed by atoms with E-state index in [0.29, 0.717) is 10.9 Å². The molecule has 3 rings (SSSR count). The van der Waals surface area contributed by atoms with Crippen LogP contribution in [0.25, 0.3) is 0 Å². The van der Waals surface area contributed by atoms with Crippen molar-refractivity contribution in [1.82, 2.24) is 5.32 Å². The molecule has 1 N–H and O–H groups in total. The van der Waals surface area contributed by atoms with Crippen molar-refractivity contribution >= 4 is 17.4 Å². The predicted octanol–water partition coefficient (Wildman–Crippen LogP) is 4.75. The van der Waals surface area contributed by atoms with Crippen LogP contribution in [0.2, 0.25) is 5.02 Å². The zero-order valence-electron chi connectivity index (χ0n) is 12.0. The van der Waals surface area contributed by atoms with Crippen LogP contribution >= 0.6 is 11.6 Å². The minimum atomic E-state index is -4.25. The van der Waals surface area contributed by atoms with Gasteiger partial charge in [-0.2, -0.15) is 13.2 Å². The maximum atomic E-state index is 12.9. The molecule has 6 heteroatoms. The van der Waals surface area contributed by atoms with Crippen molar-refractivity contribution < 1.29 is 13.2 Å². The first-order chi connectivity index (χ1) is 10.9. The van der Waals surface area contributed by atoms with E-state index in [2.05, 4.69) is 10.3 Å². The highest BCUT2D eigenvalue weighted by molar-refractivity contribution is 6.30. The zero-order chi connectivity index (χ0) is 16.4. The number of nitrogens with one attached hydrogen (secondary N) is 1. The summed E-state index contributed by atoms with van der Waals surface area (Å²) in [5.74, 6) is 0.463. The van der Waals surface area contributed by atoms with E-state index in [1.807, 2.05) is 6.07 Å². The Hall–Kier alpha value is -2.01. The van der Waals surface area contributed by atoms with Gasteiger partial charge in [0.2, 0.25) is 0 Å². The standard InChI is InChI=1S/C17H14ClF3N2/c18-13-8-6-12(7-9-13)16-22-14(10-17(19,20)21)15(23-16)11-4-2-1-3-5-11/h1-9,14-15H,10H2,(H,22,23). The molecule has 0 saturated heterocycles. The molecule has 120 valence electrons. The van der Waals surface area contributed by atoms with E-state index in [-0.39, 0.29) is 0 Å². The van der Waals surface area contributed by atoms with Gasteiger partial charge in [-0.05, 0) is 29.8 Å². The van der Waals surface area contributed by atoms with Crippen LogP contribution in [0.3, 0.4) is 0 Å². The van der Waals surface area contributed by atoms with E-state index in [0.717, 1.165) is 11.1 Å². The lowest BCUT2D eigenvalue weighted by Gasteiger charge is -2.20. The lowest BCUT2D eigenvalue weighted by Crippen LogP contribution is -2.36. The van der Waals surface area contributed by atoms with Crippen LogP contribution in [-0.4, -0.2) is 18.1 Å². The Bertz CT molecular complexity index is 696. The summed E-state index contributed by atoms with van der Waals surface area (Å²) in [4.78, 5) is 4.49. The Morgan fingerprint density at radius 2 is 1.65 bits per heavy atom. The number of rotatable bonds is 3. The maximum absolute atomic E-state index is 12.9. The molecular weight excluding hydrogens is 325 g/mol. The molecule has 0 aliphatic carbocycles. The third-order valence-electron chi connectivity index (χ3n) is 3.68. The highest BCUT2D eigenvalue weighted by Gasteiger charge is 2.39. The molecule has 0 spiro atoms. The molecule has 0 fully saturated rings. The van der Waals surface area contributed by atoms with Gasteiger partial charge in [0.1, 0.15) is 5.84 Å². The topological polar surface area (TPSA) is 24.4 Å². The molecule has 2 unspecified atom stereocenters. The molecule has 0 saturated carbocycles. The molecule has 2 nitrogen and oxygen atoms in total. The van der Waals surface area contributed by atoms with Crippen LogP contribution in [0.5, 0.6) is 0 Å². The molecule has 0 radical (unpaired) electrons. The van der Waals surface area contributed by atoms with E-state index in [9.17, 15) is 13.2 Å². The Morgan fingerprint density at radius 1 is 1.00 bits per heavy atom. The number of nitrogens with zero attached hydrogens (tertiary/aromatic N) is 1. The minimum Gasteiger partial charge on any atom is -0.364 e. The second-order valence-corrected chi connectivity index (χ2v) is 5.85. The van der Waals surface area contributed by atoms with E-state index >= 15 is 0 Å². The summed E-state index contributed by atoms with van der Waals surface area (Å²) in [5.41, 5.74) is 1.48. The number of benzene rings is 2. The van der Waals surface area contributed by atoms with Gasteiger partial charge in [0.05, 0.1) is 18.5 Å². The quantitative estimate of drug-likeness (QED) is 0.858. The normalized spacial score (nSPS) is 21.0. The van der Waals surface area contributed by atoms with Gasteiger partial charge in [-0.15, -0.1) is 0 Å². The Labute approximate surface area is 137 Å². The van der Waals surface area contributed by atoms with E-state index in [1.54, 1.807) is 48.5 Å². The largest absolute Gasteiger partial charge is 0.391 e. The van der Waals surface area contributed by atoms with Crippen molar-refractivity contribution in [3.63, 3.8) is 0 Å². The van der Waals surface area contributed by atoms with Gasteiger partial charge in [-0.3, -0.25) is 4.99 Å². The first-order valence-corrected chi connectivity index (χ1v) is 7.52. The lowest BCUT2D eigenvalue weighted by atomic mass is 9.98. The van der Waals surface area contributed by atoms with Gasteiger partial charge < -0.3 is 5.32 Å². The first-order valence-electron chi connectivity index (χ1n) is 7.14. The Balaban J connectivity index is 1.92. The highest BCUT2D eigenvalue weighted by atomic mass is 35.5. The molecule has 2 aromatic carbocycles. The van der Waals surface area contributed by atoms with Gasteiger partial charge in [0, 0.05) is 10.6 Å². The van der Waals surface area contributed by atoms with E-state index in [1.165, 1.54) is 0 Å². The first kappa shape index (κ1) is 15.9. The Kier molecular flexibility index (Phi) is 4.31. The number of aliphatic imine (C=N–C) groups is 1.